The number of benzene rings is 2. The van der Waals surface area contributed by atoms with Gasteiger partial charge in [-0.1, -0.05) is 18.2 Å². The molecule has 3 aromatic rings. The lowest BCUT2D eigenvalue weighted by Crippen LogP contribution is -2.46. The summed E-state index contributed by atoms with van der Waals surface area (Å²) in [5, 5.41) is 17.9. The Morgan fingerprint density at radius 2 is 2.00 bits per heavy atom. The van der Waals surface area contributed by atoms with Crippen LogP contribution in [0.15, 0.2) is 41.0 Å². The number of fused-ring (bicyclic) bond motifs is 1. The van der Waals surface area contributed by atoms with Crippen molar-refractivity contribution in [2.24, 2.45) is 0 Å². The standard InChI is InChI=1S/C20H23N3O5/c1-25-16-7-6-13(10-17(16)26-2)20-18(12-24)27-9-8-23(20)11-14-4-3-5-15-19(14)22-28-21-15/h3-7,10,18,20,24H,8-9,11-12H2,1-2H3/t18-,20-/m1/s1. The molecule has 2 atom stereocenters. The molecule has 1 saturated heterocycles. The van der Waals surface area contributed by atoms with E-state index in [2.05, 4.69) is 15.2 Å². The van der Waals surface area contributed by atoms with Crippen molar-refractivity contribution in [3.8, 4) is 11.5 Å². The number of hydrogen-bond donors (Lipinski definition) is 1. The van der Waals surface area contributed by atoms with Crippen molar-refractivity contribution < 1.29 is 23.9 Å². The largest absolute Gasteiger partial charge is 0.493 e. The molecule has 2 aromatic carbocycles. The number of ether oxygens (including phenoxy) is 3. The van der Waals surface area contributed by atoms with Gasteiger partial charge in [-0.25, -0.2) is 4.63 Å². The lowest BCUT2D eigenvalue weighted by atomic mass is 9.97. The van der Waals surface area contributed by atoms with Crippen molar-refractivity contribution in [1.29, 1.82) is 0 Å². The van der Waals surface area contributed by atoms with E-state index in [0.717, 1.165) is 28.7 Å². The molecule has 1 fully saturated rings. The second-order valence-corrected chi connectivity index (χ2v) is 6.67. The van der Waals surface area contributed by atoms with Gasteiger partial charge in [0.15, 0.2) is 11.5 Å². The summed E-state index contributed by atoms with van der Waals surface area (Å²) in [6, 6.07) is 11.5. The SMILES string of the molecule is COc1ccc([C@@H]2[C@@H](CO)OCCN2Cc2cccc3nonc23)cc1OC. The maximum Gasteiger partial charge on any atom is 0.161 e. The molecule has 2 heterocycles. The van der Waals surface area contributed by atoms with Gasteiger partial charge in [-0.2, -0.15) is 0 Å². The summed E-state index contributed by atoms with van der Waals surface area (Å²) in [4.78, 5) is 2.27. The summed E-state index contributed by atoms with van der Waals surface area (Å²) in [7, 11) is 3.22. The van der Waals surface area contributed by atoms with Crippen LogP contribution in [0, 0.1) is 0 Å². The lowest BCUT2D eigenvalue weighted by molar-refractivity contribution is -0.0960. The van der Waals surface area contributed by atoms with Gasteiger partial charge in [0.2, 0.25) is 0 Å². The van der Waals surface area contributed by atoms with E-state index in [1.165, 1.54) is 0 Å². The van der Waals surface area contributed by atoms with E-state index in [1.807, 2.05) is 36.4 Å². The third-order valence-corrected chi connectivity index (χ3v) is 5.13. The van der Waals surface area contributed by atoms with E-state index in [-0.39, 0.29) is 18.8 Å². The molecule has 1 N–H and O–H groups in total. The smallest absolute Gasteiger partial charge is 0.161 e. The Hall–Kier alpha value is -2.68. The number of hydrogen-bond acceptors (Lipinski definition) is 8. The molecule has 0 spiro atoms. The summed E-state index contributed by atoms with van der Waals surface area (Å²) < 4.78 is 21.6. The topological polar surface area (TPSA) is 90.1 Å². The van der Waals surface area contributed by atoms with E-state index in [9.17, 15) is 5.11 Å². The zero-order valence-corrected chi connectivity index (χ0v) is 15.9. The first-order valence-electron chi connectivity index (χ1n) is 9.13. The van der Waals surface area contributed by atoms with Gasteiger partial charge in [0, 0.05) is 13.1 Å². The molecule has 1 aliphatic heterocycles. The van der Waals surface area contributed by atoms with Gasteiger partial charge < -0.3 is 19.3 Å². The number of morpholine rings is 1. The fraction of sp³-hybridized carbons (Fsp3) is 0.400. The molecule has 0 saturated carbocycles. The zero-order valence-electron chi connectivity index (χ0n) is 15.9. The summed E-state index contributed by atoms with van der Waals surface area (Å²) >= 11 is 0. The minimum Gasteiger partial charge on any atom is -0.493 e. The molecule has 28 heavy (non-hydrogen) atoms. The summed E-state index contributed by atoms with van der Waals surface area (Å²) in [6.07, 6.45) is -0.346. The van der Waals surface area contributed by atoms with E-state index < -0.39 is 0 Å². The van der Waals surface area contributed by atoms with Gasteiger partial charge in [0.1, 0.15) is 17.1 Å². The maximum absolute atomic E-state index is 9.93. The summed E-state index contributed by atoms with van der Waals surface area (Å²) in [5.41, 5.74) is 3.48. The summed E-state index contributed by atoms with van der Waals surface area (Å²) in [6.45, 7) is 1.81. The fourth-order valence-corrected chi connectivity index (χ4v) is 3.79. The Morgan fingerprint density at radius 1 is 1.14 bits per heavy atom. The van der Waals surface area contributed by atoms with Crippen LogP contribution in [-0.2, 0) is 11.3 Å². The number of aliphatic hydroxyl groups is 1. The van der Waals surface area contributed by atoms with Crippen molar-refractivity contribution in [3.63, 3.8) is 0 Å². The van der Waals surface area contributed by atoms with Crippen molar-refractivity contribution in [2.45, 2.75) is 18.7 Å². The molecule has 0 aliphatic carbocycles. The highest BCUT2D eigenvalue weighted by molar-refractivity contribution is 5.76. The van der Waals surface area contributed by atoms with E-state index >= 15 is 0 Å². The molecule has 8 nitrogen and oxygen atoms in total. The van der Waals surface area contributed by atoms with E-state index in [0.29, 0.717) is 24.7 Å². The van der Waals surface area contributed by atoms with E-state index in [1.54, 1.807) is 14.2 Å². The average molecular weight is 385 g/mol. The highest BCUT2D eigenvalue weighted by atomic mass is 16.6. The van der Waals surface area contributed by atoms with Crippen molar-refractivity contribution >= 4 is 11.0 Å². The minimum atomic E-state index is -0.346. The number of aromatic nitrogens is 2. The Morgan fingerprint density at radius 3 is 2.79 bits per heavy atom. The molecule has 1 aromatic heterocycles. The van der Waals surface area contributed by atoms with Crippen LogP contribution < -0.4 is 9.47 Å². The quantitative estimate of drug-likeness (QED) is 0.691. The van der Waals surface area contributed by atoms with Crippen LogP contribution >= 0.6 is 0 Å². The van der Waals surface area contributed by atoms with Gasteiger partial charge in [-0.05, 0) is 39.6 Å². The monoisotopic (exact) mass is 385 g/mol. The fourth-order valence-electron chi connectivity index (χ4n) is 3.79. The predicted molar refractivity (Wildman–Crippen MR) is 101 cm³/mol. The van der Waals surface area contributed by atoms with Crippen LogP contribution in [0.1, 0.15) is 17.2 Å². The molecule has 4 rings (SSSR count). The van der Waals surface area contributed by atoms with Gasteiger partial charge in [-0.15, -0.1) is 0 Å². The molecule has 8 heteroatoms. The highest BCUT2D eigenvalue weighted by Gasteiger charge is 2.34. The lowest BCUT2D eigenvalue weighted by Gasteiger charge is -2.41. The van der Waals surface area contributed by atoms with Crippen LogP contribution in [0.4, 0.5) is 0 Å². The number of methoxy groups -OCH3 is 2. The molecule has 0 amide bonds. The average Bonchev–Trinajstić information content (AvgIpc) is 3.23. The molecule has 1 aliphatic rings. The third kappa shape index (κ3) is 3.42. The molecule has 0 bridgehead atoms. The number of aliphatic hydroxyl groups excluding tert-OH is 1. The van der Waals surface area contributed by atoms with Gasteiger partial charge in [-0.3, -0.25) is 4.90 Å². The van der Waals surface area contributed by atoms with Crippen molar-refractivity contribution in [2.75, 3.05) is 34.0 Å². The Bertz CT molecular complexity index is 944. The van der Waals surface area contributed by atoms with Gasteiger partial charge in [0.05, 0.1) is 33.5 Å². The van der Waals surface area contributed by atoms with Crippen LogP contribution in [0.25, 0.3) is 11.0 Å². The molecule has 148 valence electrons. The summed E-state index contributed by atoms with van der Waals surface area (Å²) in [5.74, 6) is 1.30. The van der Waals surface area contributed by atoms with Gasteiger partial charge in [0.25, 0.3) is 0 Å². The minimum absolute atomic E-state index is 0.0781. The Balaban J connectivity index is 1.70. The number of nitrogens with zero attached hydrogens (tertiary/aromatic N) is 3. The Labute approximate surface area is 162 Å². The maximum atomic E-state index is 9.93. The van der Waals surface area contributed by atoms with Crippen LogP contribution in [0.3, 0.4) is 0 Å². The normalized spacial score (nSPS) is 20.4. The molecular weight excluding hydrogens is 362 g/mol. The Kier molecular flexibility index (Phi) is 5.43. The molecular formula is C20H23N3O5. The first-order valence-corrected chi connectivity index (χ1v) is 9.13. The van der Waals surface area contributed by atoms with Crippen LogP contribution in [0.5, 0.6) is 11.5 Å². The molecule has 0 unspecified atom stereocenters. The van der Waals surface area contributed by atoms with Gasteiger partial charge >= 0.3 is 0 Å². The number of rotatable bonds is 6. The predicted octanol–water partition coefficient (Wildman–Crippen LogP) is 2.17. The van der Waals surface area contributed by atoms with Crippen molar-refractivity contribution in [3.05, 3.63) is 47.5 Å². The molecule has 0 radical (unpaired) electrons. The van der Waals surface area contributed by atoms with Crippen molar-refractivity contribution in [1.82, 2.24) is 15.2 Å². The second-order valence-electron chi connectivity index (χ2n) is 6.67. The van der Waals surface area contributed by atoms with Crippen LogP contribution in [0.2, 0.25) is 0 Å². The van der Waals surface area contributed by atoms with Crippen LogP contribution in [-0.4, -0.2) is 60.4 Å². The third-order valence-electron chi connectivity index (χ3n) is 5.13. The second kappa shape index (κ2) is 8.14. The highest BCUT2D eigenvalue weighted by Crippen LogP contribution is 2.36. The first kappa shape index (κ1) is 18.7. The van der Waals surface area contributed by atoms with E-state index in [4.69, 9.17) is 18.8 Å². The zero-order chi connectivity index (χ0) is 19.5. The first-order chi connectivity index (χ1) is 13.7.